The largest absolute Gasteiger partial charge is 0.465 e. The van der Waals surface area contributed by atoms with Gasteiger partial charge in [-0.15, -0.1) is 0 Å². The van der Waals surface area contributed by atoms with E-state index in [0.29, 0.717) is 12.5 Å². The Kier molecular flexibility index (Phi) is 4.62. The van der Waals surface area contributed by atoms with Crippen LogP contribution in [0.2, 0.25) is 0 Å². The van der Waals surface area contributed by atoms with Crippen molar-refractivity contribution in [2.24, 2.45) is 5.92 Å². The number of hydrogen-bond acceptors (Lipinski definition) is 4. The number of carbonyl (C=O) groups excluding carboxylic acids is 1. The summed E-state index contributed by atoms with van der Waals surface area (Å²) in [7, 11) is 1.90. The summed E-state index contributed by atoms with van der Waals surface area (Å²) in [5.41, 5.74) is -0.465. The van der Waals surface area contributed by atoms with Crippen LogP contribution < -0.4 is 5.32 Å². The van der Waals surface area contributed by atoms with E-state index in [9.17, 15) is 4.79 Å². The van der Waals surface area contributed by atoms with Crippen molar-refractivity contribution in [2.45, 2.75) is 44.6 Å². The van der Waals surface area contributed by atoms with Crippen molar-refractivity contribution in [1.29, 1.82) is 0 Å². The molecule has 0 aromatic rings. The number of ether oxygens (including phenoxy) is 1. The minimum absolute atomic E-state index is 0.0550. The van der Waals surface area contributed by atoms with Crippen molar-refractivity contribution < 1.29 is 9.53 Å². The van der Waals surface area contributed by atoms with Crippen LogP contribution in [-0.4, -0.2) is 49.7 Å². The molecule has 1 N–H and O–H groups in total. The first kappa shape index (κ1) is 13.8. The van der Waals surface area contributed by atoms with Gasteiger partial charge in [-0.2, -0.15) is 0 Å². The van der Waals surface area contributed by atoms with E-state index in [0.717, 1.165) is 32.5 Å². The smallest absolute Gasteiger partial charge is 0.327 e. The topological polar surface area (TPSA) is 41.6 Å². The van der Waals surface area contributed by atoms with Crippen LogP contribution in [0.15, 0.2) is 0 Å². The van der Waals surface area contributed by atoms with E-state index in [1.165, 1.54) is 19.3 Å². The van der Waals surface area contributed by atoms with Gasteiger partial charge in [0.05, 0.1) is 6.61 Å². The third-order valence-corrected chi connectivity index (χ3v) is 4.28. The van der Waals surface area contributed by atoms with Gasteiger partial charge >= 0.3 is 5.97 Å². The Bertz CT molecular complexity index is 286. The summed E-state index contributed by atoms with van der Waals surface area (Å²) in [6.45, 7) is 5.40. The highest BCUT2D eigenvalue weighted by Gasteiger charge is 2.51. The summed E-state index contributed by atoms with van der Waals surface area (Å²) in [6, 6.07) is 0. The van der Waals surface area contributed by atoms with Crippen molar-refractivity contribution in [2.75, 3.05) is 33.3 Å². The van der Waals surface area contributed by atoms with Crippen molar-refractivity contribution in [1.82, 2.24) is 10.2 Å². The molecule has 0 aromatic heterocycles. The van der Waals surface area contributed by atoms with Crippen LogP contribution in [-0.2, 0) is 9.53 Å². The normalized spacial score (nSPS) is 24.6. The fourth-order valence-electron chi connectivity index (χ4n) is 3.05. The molecule has 2 aliphatic rings. The van der Waals surface area contributed by atoms with Gasteiger partial charge in [0.25, 0.3) is 0 Å². The van der Waals surface area contributed by atoms with Crippen molar-refractivity contribution in [3.8, 4) is 0 Å². The Hall–Kier alpha value is -0.610. The number of carbonyl (C=O) groups is 1. The SMILES string of the molecule is CCOC(=O)C(CN1CCCCC1)(NC)C1CC1. The number of piperidine rings is 1. The van der Waals surface area contributed by atoms with Gasteiger partial charge in [-0.3, -0.25) is 0 Å². The first-order valence-corrected chi connectivity index (χ1v) is 7.31. The van der Waals surface area contributed by atoms with E-state index >= 15 is 0 Å². The number of esters is 1. The number of likely N-dealkylation sites (tertiary alicyclic amines) is 1. The Balaban J connectivity index is 2.05. The minimum atomic E-state index is -0.465. The molecule has 1 saturated carbocycles. The summed E-state index contributed by atoms with van der Waals surface area (Å²) < 4.78 is 5.31. The van der Waals surface area contributed by atoms with E-state index in [2.05, 4.69) is 10.2 Å². The highest BCUT2D eigenvalue weighted by Crippen LogP contribution is 2.41. The highest BCUT2D eigenvalue weighted by molar-refractivity contribution is 5.82. The molecule has 0 radical (unpaired) electrons. The maximum absolute atomic E-state index is 12.3. The van der Waals surface area contributed by atoms with Crippen molar-refractivity contribution in [3.63, 3.8) is 0 Å². The molecule has 2 rings (SSSR count). The summed E-state index contributed by atoms with van der Waals surface area (Å²) in [5, 5.41) is 3.29. The zero-order chi connectivity index (χ0) is 13.0. The number of hydrogen-bond donors (Lipinski definition) is 1. The van der Waals surface area contributed by atoms with Crippen LogP contribution in [0, 0.1) is 5.92 Å². The molecule has 2 fully saturated rings. The Morgan fingerprint density at radius 3 is 2.50 bits per heavy atom. The third kappa shape index (κ3) is 2.86. The Morgan fingerprint density at radius 1 is 1.33 bits per heavy atom. The predicted octanol–water partition coefficient (Wildman–Crippen LogP) is 1.40. The molecule has 0 aromatic carbocycles. The lowest BCUT2D eigenvalue weighted by Crippen LogP contribution is -2.60. The monoisotopic (exact) mass is 254 g/mol. The van der Waals surface area contributed by atoms with Gasteiger partial charge in [-0.1, -0.05) is 6.42 Å². The van der Waals surface area contributed by atoms with Crippen LogP contribution in [0.1, 0.15) is 39.0 Å². The molecule has 4 nitrogen and oxygen atoms in total. The Morgan fingerprint density at radius 2 is 2.00 bits per heavy atom. The zero-order valence-electron chi connectivity index (χ0n) is 11.7. The van der Waals surface area contributed by atoms with Gasteiger partial charge in [-0.25, -0.2) is 4.79 Å². The predicted molar refractivity (Wildman–Crippen MR) is 71.4 cm³/mol. The molecule has 0 bridgehead atoms. The second kappa shape index (κ2) is 6.02. The van der Waals surface area contributed by atoms with Crippen LogP contribution in [0.3, 0.4) is 0 Å². The summed E-state index contributed by atoms with van der Waals surface area (Å²) in [5.74, 6) is 0.407. The van der Waals surface area contributed by atoms with Gasteiger partial charge < -0.3 is 15.0 Å². The maximum Gasteiger partial charge on any atom is 0.327 e. The van der Waals surface area contributed by atoms with E-state index in [1.807, 2.05) is 14.0 Å². The molecular formula is C14H26N2O2. The van der Waals surface area contributed by atoms with E-state index in [-0.39, 0.29) is 5.97 Å². The molecule has 0 spiro atoms. The molecule has 1 atom stereocenters. The lowest BCUT2D eigenvalue weighted by Gasteiger charge is -2.38. The average molecular weight is 254 g/mol. The zero-order valence-corrected chi connectivity index (χ0v) is 11.7. The minimum Gasteiger partial charge on any atom is -0.465 e. The molecule has 0 amide bonds. The quantitative estimate of drug-likeness (QED) is 0.728. The first-order valence-electron chi connectivity index (χ1n) is 7.31. The molecule has 18 heavy (non-hydrogen) atoms. The van der Waals surface area contributed by atoms with Gasteiger partial charge in [0.1, 0.15) is 5.54 Å². The molecule has 1 aliphatic carbocycles. The fraction of sp³-hybridized carbons (Fsp3) is 0.929. The van der Waals surface area contributed by atoms with Crippen molar-refractivity contribution >= 4 is 5.97 Å². The number of nitrogens with one attached hydrogen (secondary N) is 1. The van der Waals surface area contributed by atoms with Crippen LogP contribution in [0.5, 0.6) is 0 Å². The third-order valence-electron chi connectivity index (χ3n) is 4.28. The van der Waals surface area contributed by atoms with Gasteiger partial charge in [0, 0.05) is 6.54 Å². The van der Waals surface area contributed by atoms with Crippen LogP contribution in [0.25, 0.3) is 0 Å². The second-order valence-electron chi connectivity index (χ2n) is 5.55. The molecule has 1 saturated heterocycles. The number of nitrogens with zero attached hydrogens (tertiary/aromatic N) is 1. The van der Waals surface area contributed by atoms with E-state index < -0.39 is 5.54 Å². The molecule has 1 heterocycles. The lowest BCUT2D eigenvalue weighted by atomic mass is 9.91. The molecule has 1 unspecified atom stereocenters. The van der Waals surface area contributed by atoms with Gasteiger partial charge in [0.2, 0.25) is 0 Å². The Labute approximate surface area is 110 Å². The van der Waals surface area contributed by atoms with Gasteiger partial charge in [0.15, 0.2) is 0 Å². The summed E-state index contributed by atoms with van der Waals surface area (Å²) >= 11 is 0. The lowest BCUT2D eigenvalue weighted by molar-refractivity contribution is -0.153. The molecule has 1 aliphatic heterocycles. The van der Waals surface area contributed by atoms with E-state index in [1.54, 1.807) is 0 Å². The maximum atomic E-state index is 12.3. The van der Waals surface area contributed by atoms with Crippen LogP contribution in [0.4, 0.5) is 0 Å². The van der Waals surface area contributed by atoms with Crippen molar-refractivity contribution in [3.05, 3.63) is 0 Å². The van der Waals surface area contributed by atoms with Crippen LogP contribution >= 0.6 is 0 Å². The first-order chi connectivity index (χ1) is 8.73. The van der Waals surface area contributed by atoms with Gasteiger partial charge in [-0.05, 0) is 58.7 Å². The summed E-state index contributed by atoms with van der Waals surface area (Å²) in [4.78, 5) is 14.8. The number of likely N-dealkylation sites (N-methyl/N-ethyl adjacent to an activating group) is 1. The molecular weight excluding hydrogens is 228 g/mol. The molecule has 4 heteroatoms. The second-order valence-corrected chi connectivity index (χ2v) is 5.55. The summed E-state index contributed by atoms with van der Waals surface area (Å²) in [6.07, 6.45) is 6.13. The highest BCUT2D eigenvalue weighted by atomic mass is 16.5. The van der Waals surface area contributed by atoms with E-state index in [4.69, 9.17) is 4.74 Å². The standard InChI is InChI=1S/C14H26N2O2/c1-3-18-13(17)14(15-2,12-7-8-12)11-16-9-5-4-6-10-16/h12,15H,3-11H2,1-2H3. The average Bonchev–Trinajstić information content (AvgIpc) is 3.22. The molecule has 104 valence electrons. The number of rotatable bonds is 6. The fourth-order valence-corrected chi connectivity index (χ4v) is 3.05.